The summed E-state index contributed by atoms with van der Waals surface area (Å²) in [5.74, 6) is 0.979. The molecule has 0 aliphatic carbocycles. The van der Waals surface area contributed by atoms with Crippen molar-refractivity contribution in [3.8, 4) is 11.3 Å². The second-order valence-electron chi connectivity index (χ2n) is 5.82. The number of hydrogen-bond donors (Lipinski definition) is 0. The zero-order chi connectivity index (χ0) is 16.5. The highest BCUT2D eigenvalue weighted by Gasteiger charge is 2.13. The van der Waals surface area contributed by atoms with Crippen molar-refractivity contribution in [2.45, 2.75) is 6.92 Å². The Labute approximate surface area is 140 Å². The number of rotatable bonds is 3. The largest absolute Gasteiger partial charge is 0.359 e. The molecule has 4 nitrogen and oxygen atoms in total. The Kier molecular flexibility index (Phi) is 3.58. The maximum atomic E-state index is 4.88. The van der Waals surface area contributed by atoms with Gasteiger partial charge in [-0.05, 0) is 13.0 Å². The molecule has 4 heteroatoms. The Bertz CT molecular complexity index is 1010. The van der Waals surface area contributed by atoms with Gasteiger partial charge in [0.15, 0.2) is 0 Å². The van der Waals surface area contributed by atoms with Crippen LogP contribution < -0.4 is 4.90 Å². The quantitative estimate of drug-likeness (QED) is 0.529. The van der Waals surface area contributed by atoms with Gasteiger partial charge >= 0.3 is 0 Å². The number of benzene rings is 2. The number of anilines is 1. The molecule has 0 amide bonds. The van der Waals surface area contributed by atoms with Crippen molar-refractivity contribution in [1.29, 1.82) is 0 Å². The van der Waals surface area contributed by atoms with Crippen molar-refractivity contribution < 1.29 is 0 Å². The minimum atomic E-state index is 0.844. The predicted molar refractivity (Wildman–Crippen MR) is 99.2 cm³/mol. The van der Waals surface area contributed by atoms with Gasteiger partial charge in [-0.1, -0.05) is 54.6 Å². The lowest BCUT2D eigenvalue weighted by Crippen LogP contribution is -2.17. The van der Waals surface area contributed by atoms with Gasteiger partial charge in [-0.25, -0.2) is 4.98 Å². The van der Waals surface area contributed by atoms with Gasteiger partial charge in [-0.2, -0.15) is 0 Å². The van der Waals surface area contributed by atoms with Crippen LogP contribution in [0.15, 0.2) is 60.7 Å². The van der Waals surface area contributed by atoms with Gasteiger partial charge in [-0.15, -0.1) is 10.2 Å². The maximum Gasteiger partial charge on any atom is 0.137 e. The Morgan fingerprint density at radius 3 is 2.33 bits per heavy atom. The highest BCUT2D eigenvalue weighted by molar-refractivity contribution is 6.08. The molecular formula is C20H18N4. The van der Waals surface area contributed by atoms with Crippen LogP contribution in [0.1, 0.15) is 6.92 Å². The van der Waals surface area contributed by atoms with Crippen LogP contribution in [0.25, 0.3) is 33.1 Å². The normalized spacial score (nSPS) is 11.1. The number of nitrogens with zero attached hydrogens (tertiary/aromatic N) is 4. The molecule has 24 heavy (non-hydrogen) atoms. The Morgan fingerprint density at radius 1 is 0.875 bits per heavy atom. The third-order valence-corrected chi connectivity index (χ3v) is 4.33. The van der Waals surface area contributed by atoms with E-state index in [0.29, 0.717) is 0 Å². The molecule has 0 saturated carbocycles. The molecule has 0 fully saturated rings. The zero-order valence-corrected chi connectivity index (χ0v) is 13.8. The summed E-state index contributed by atoms with van der Waals surface area (Å²) >= 11 is 0. The summed E-state index contributed by atoms with van der Waals surface area (Å²) in [4.78, 5) is 7.04. The summed E-state index contributed by atoms with van der Waals surface area (Å²) < 4.78 is 0. The molecule has 0 radical (unpaired) electrons. The average Bonchev–Trinajstić information content (AvgIpc) is 2.67. The summed E-state index contributed by atoms with van der Waals surface area (Å²) in [5.41, 5.74) is 3.61. The van der Waals surface area contributed by atoms with Gasteiger partial charge in [-0.3, -0.25) is 0 Å². The molecule has 2 heterocycles. The predicted octanol–water partition coefficient (Wildman–Crippen LogP) is 4.30. The molecule has 2 aromatic carbocycles. The first-order valence-electron chi connectivity index (χ1n) is 8.10. The molecule has 118 valence electrons. The van der Waals surface area contributed by atoms with Crippen LogP contribution in [0.3, 0.4) is 0 Å². The number of fused-ring (bicyclic) bond motifs is 3. The molecule has 0 aliphatic heterocycles. The fourth-order valence-electron chi connectivity index (χ4n) is 2.91. The van der Waals surface area contributed by atoms with E-state index in [9.17, 15) is 0 Å². The van der Waals surface area contributed by atoms with Gasteiger partial charge in [0.25, 0.3) is 0 Å². The van der Waals surface area contributed by atoms with E-state index in [-0.39, 0.29) is 0 Å². The Morgan fingerprint density at radius 2 is 1.58 bits per heavy atom. The molecule has 2 aromatic heterocycles. The van der Waals surface area contributed by atoms with Gasteiger partial charge in [0.1, 0.15) is 11.3 Å². The lowest BCUT2D eigenvalue weighted by atomic mass is 10.1. The van der Waals surface area contributed by atoms with Crippen molar-refractivity contribution in [1.82, 2.24) is 15.2 Å². The fraction of sp³-hybridized carbons (Fsp3) is 0.150. The standard InChI is InChI=1S/C20H18N4/c1-3-24(2)20-16-12-8-7-11-15(16)19-18(21-20)13-17(22-23-19)14-9-5-4-6-10-14/h4-13H,3H2,1-2H3. The van der Waals surface area contributed by atoms with Gasteiger partial charge in [0.05, 0.1) is 11.2 Å². The second-order valence-corrected chi connectivity index (χ2v) is 5.82. The third-order valence-electron chi connectivity index (χ3n) is 4.33. The molecule has 0 atom stereocenters. The molecule has 0 N–H and O–H groups in total. The number of pyridine rings is 1. The minimum Gasteiger partial charge on any atom is -0.359 e. The monoisotopic (exact) mass is 314 g/mol. The molecule has 4 aromatic rings. The molecule has 0 saturated heterocycles. The first-order chi connectivity index (χ1) is 11.8. The van der Waals surface area contributed by atoms with Gasteiger partial charge < -0.3 is 4.90 Å². The topological polar surface area (TPSA) is 41.9 Å². The highest BCUT2D eigenvalue weighted by Crippen LogP contribution is 2.30. The van der Waals surface area contributed by atoms with Crippen molar-refractivity contribution in [2.24, 2.45) is 0 Å². The SMILES string of the molecule is CCN(C)c1nc2cc(-c3ccccc3)nnc2c2ccccc12. The van der Waals surface area contributed by atoms with Gasteiger partial charge in [0.2, 0.25) is 0 Å². The summed E-state index contributed by atoms with van der Waals surface area (Å²) in [7, 11) is 2.06. The molecule has 0 bridgehead atoms. The summed E-state index contributed by atoms with van der Waals surface area (Å²) in [6, 6.07) is 20.4. The van der Waals surface area contributed by atoms with Crippen LogP contribution in [-0.2, 0) is 0 Å². The van der Waals surface area contributed by atoms with Crippen molar-refractivity contribution >= 4 is 27.6 Å². The maximum absolute atomic E-state index is 4.88. The van der Waals surface area contributed by atoms with E-state index in [4.69, 9.17) is 4.98 Å². The summed E-state index contributed by atoms with van der Waals surface area (Å²) in [5, 5.41) is 11.1. The van der Waals surface area contributed by atoms with E-state index in [1.807, 2.05) is 48.5 Å². The Hall–Kier alpha value is -3.01. The zero-order valence-electron chi connectivity index (χ0n) is 13.8. The molecule has 0 aliphatic rings. The van der Waals surface area contributed by atoms with E-state index in [1.165, 1.54) is 0 Å². The van der Waals surface area contributed by atoms with Crippen molar-refractivity contribution in [3.05, 3.63) is 60.7 Å². The van der Waals surface area contributed by atoms with Crippen molar-refractivity contribution in [3.63, 3.8) is 0 Å². The first kappa shape index (κ1) is 14.6. The number of hydrogen-bond acceptors (Lipinski definition) is 4. The average molecular weight is 314 g/mol. The lowest BCUT2D eigenvalue weighted by molar-refractivity contribution is 0.950. The van der Waals surface area contributed by atoms with E-state index >= 15 is 0 Å². The van der Waals surface area contributed by atoms with Crippen LogP contribution in [-0.4, -0.2) is 28.8 Å². The smallest absolute Gasteiger partial charge is 0.137 e. The van der Waals surface area contributed by atoms with Crippen LogP contribution >= 0.6 is 0 Å². The molecular weight excluding hydrogens is 296 g/mol. The summed E-state index contributed by atoms with van der Waals surface area (Å²) in [6.45, 7) is 3.02. The van der Waals surface area contributed by atoms with Crippen LogP contribution in [0, 0.1) is 0 Å². The van der Waals surface area contributed by atoms with Crippen LogP contribution in [0.5, 0.6) is 0 Å². The first-order valence-corrected chi connectivity index (χ1v) is 8.10. The number of aromatic nitrogens is 3. The van der Waals surface area contributed by atoms with Crippen LogP contribution in [0.2, 0.25) is 0 Å². The lowest BCUT2D eigenvalue weighted by Gasteiger charge is -2.18. The van der Waals surface area contributed by atoms with E-state index in [2.05, 4.69) is 41.2 Å². The molecule has 0 unspecified atom stereocenters. The van der Waals surface area contributed by atoms with Gasteiger partial charge in [0, 0.05) is 29.9 Å². The molecule has 4 rings (SSSR count). The van der Waals surface area contributed by atoms with Crippen molar-refractivity contribution in [2.75, 3.05) is 18.5 Å². The highest BCUT2D eigenvalue weighted by atomic mass is 15.2. The minimum absolute atomic E-state index is 0.844. The second kappa shape index (κ2) is 5.89. The van der Waals surface area contributed by atoms with E-state index in [0.717, 1.165) is 45.4 Å². The third kappa shape index (κ3) is 2.36. The summed E-state index contributed by atoms with van der Waals surface area (Å²) in [6.07, 6.45) is 0. The molecule has 0 spiro atoms. The van der Waals surface area contributed by atoms with E-state index in [1.54, 1.807) is 0 Å². The van der Waals surface area contributed by atoms with Crippen LogP contribution in [0.4, 0.5) is 5.82 Å². The van der Waals surface area contributed by atoms with E-state index < -0.39 is 0 Å². The Balaban J connectivity index is 2.02. The fourth-order valence-corrected chi connectivity index (χ4v) is 2.91.